The van der Waals surface area contributed by atoms with Gasteiger partial charge in [-0.2, -0.15) is 8.42 Å². The van der Waals surface area contributed by atoms with E-state index in [9.17, 15) is 13.5 Å². The van der Waals surface area contributed by atoms with E-state index in [1.54, 1.807) is 24.3 Å². The topological polar surface area (TPSA) is 63.6 Å². The van der Waals surface area contributed by atoms with Crippen LogP contribution in [0.3, 0.4) is 0 Å². The number of fused-ring (bicyclic) bond motifs is 3. The van der Waals surface area contributed by atoms with Crippen LogP contribution in [0.25, 0.3) is 0 Å². The molecule has 0 amide bonds. The highest BCUT2D eigenvalue weighted by Gasteiger charge is 2.41. The molecule has 1 N–H and O–H groups in total. The third-order valence-electron chi connectivity index (χ3n) is 4.97. The van der Waals surface area contributed by atoms with E-state index in [-0.39, 0.29) is 29.4 Å². The van der Waals surface area contributed by atoms with E-state index >= 15 is 0 Å². The molecular formula is C16H22O4S. The van der Waals surface area contributed by atoms with E-state index in [1.807, 2.05) is 6.92 Å². The zero-order valence-electron chi connectivity index (χ0n) is 12.2. The minimum absolute atomic E-state index is 0.160. The number of aliphatic hydroxyl groups is 1. The summed E-state index contributed by atoms with van der Waals surface area (Å²) in [6.45, 7) is 2.10. The quantitative estimate of drug-likeness (QED) is 0.868. The van der Waals surface area contributed by atoms with Crippen LogP contribution >= 0.6 is 0 Å². The maximum atomic E-state index is 12.2. The van der Waals surface area contributed by atoms with Crippen LogP contribution in [0.5, 0.6) is 0 Å². The van der Waals surface area contributed by atoms with Gasteiger partial charge < -0.3 is 5.11 Å². The second kappa shape index (κ2) is 5.71. The molecule has 0 heterocycles. The third-order valence-corrected chi connectivity index (χ3v) is 6.26. The first kappa shape index (κ1) is 15.0. The number of hydrogen-bond donors (Lipinski definition) is 1. The van der Waals surface area contributed by atoms with Crippen molar-refractivity contribution >= 4 is 10.1 Å². The molecule has 3 aliphatic carbocycles. The summed E-state index contributed by atoms with van der Waals surface area (Å²) in [5.74, 6) is 0.886. The minimum Gasteiger partial charge on any atom is -0.393 e. The summed E-state index contributed by atoms with van der Waals surface area (Å²) in [6.07, 6.45) is 3.71. The second-order valence-electron chi connectivity index (χ2n) is 6.46. The van der Waals surface area contributed by atoms with E-state index in [0.29, 0.717) is 5.92 Å². The van der Waals surface area contributed by atoms with Crippen molar-refractivity contribution in [1.29, 1.82) is 0 Å². The van der Waals surface area contributed by atoms with Crippen molar-refractivity contribution in [3.8, 4) is 0 Å². The zero-order valence-corrected chi connectivity index (χ0v) is 13.1. The van der Waals surface area contributed by atoms with Crippen LogP contribution < -0.4 is 0 Å². The molecule has 4 rings (SSSR count). The minimum atomic E-state index is -3.69. The Kier molecular flexibility index (Phi) is 4.08. The summed E-state index contributed by atoms with van der Waals surface area (Å²) < 4.78 is 29.6. The van der Waals surface area contributed by atoms with Crippen LogP contribution in [0.4, 0.5) is 0 Å². The highest BCUT2D eigenvalue weighted by Crippen LogP contribution is 2.45. The monoisotopic (exact) mass is 310 g/mol. The molecule has 3 aliphatic rings. The van der Waals surface area contributed by atoms with Crippen molar-refractivity contribution in [2.75, 3.05) is 6.61 Å². The van der Waals surface area contributed by atoms with Gasteiger partial charge in [-0.25, -0.2) is 0 Å². The van der Waals surface area contributed by atoms with Gasteiger partial charge in [-0.3, -0.25) is 4.18 Å². The summed E-state index contributed by atoms with van der Waals surface area (Å²) in [4.78, 5) is 0.203. The van der Waals surface area contributed by atoms with Crippen molar-refractivity contribution in [3.05, 3.63) is 29.8 Å². The van der Waals surface area contributed by atoms with Crippen molar-refractivity contribution in [3.63, 3.8) is 0 Å². The third kappa shape index (κ3) is 3.15. The van der Waals surface area contributed by atoms with Crippen molar-refractivity contribution < 1.29 is 17.7 Å². The highest BCUT2D eigenvalue weighted by molar-refractivity contribution is 7.86. The van der Waals surface area contributed by atoms with Crippen LogP contribution in [0.1, 0.15) is 31.2 Å². The Morgan fingerprint density at radius 2 is 1.90 bits per heavy atom. The standard InChI is InChI=1S/C16H22O4S/c1-11-2-5-14(6-3-11)21(18,19)20-10-13-8-12-4-7-15(13)16(17)9-12/h2-3,5-6,12-13,15-17H,4,7-10H2,1H3/t12-,13+,15-,16-/m0/s1. The van der Waals surface area contributed by atoms with Crippen LogP contribution in [-0.2, 0) is 14.3 Å². The summed E-state index contributed by atoms with van der Waals surface area (Å²) in [5.41, 5.74) is 1.02. The Balaban J connectivity index is 1.65. The largest absolute Gasteiger partial charge is 0.393 e. The molecule has 4 atom stereocenters. The number of aliphatic hydroxyl groups excluding tert-OH is 1. The van der Waals surface area contributed by atoms with E-state index in [2.05, 4.69) is 0 Å². The van der Waals surface area contributed by atoms with Crippen LogP contribution in [0, 0.1) is 24.7 Å². The Morgan fingerprint density at radius 1 is 1.19 bits per heavy atom. The van der Waals surface area contributed by atoms with Gasteiger partial charge in [0.15, 0.2) is 0 Å². The Bertz CT molecular complexity index is 593. The smallest absolute Gasteiger partial charge is 0.296 e. The summed E-state index contributed by atoms with van der Waals surface area (Å²) in [6, 6.07) is 6.68. The molecular weight excluding hydrogens is 288 g/mol. The summed E-state index contributed by atoms with van der Waals surface area (Å²) in [5, 5.41) is 10.0. The van der Waals surface area contributed by atoms with Crippen LogP contribution in [-0.4, -0.2) is 26.2 Å². The van der Waals surface area contributed by atoms with E-state index in [0.717, 1.165) is 31.2 Å². The van der Waals surface area contributed by atoms with Gasteiger partial charge in [0.05, 0.1) is 17.6 Å². The van der Waals surface area contributed by atoms with E-state index in [1.165, 1.54) is 0 Å². The van der Waals surface area contributed by atoms with E-state index < -0.39 is 10.1 Å². The molecule has 5 heteroatoms. The molecule has 1 aromatic rings. The first-order valence-electron chi connectivity index (χ1n) is 7.60. The fraction of sp³-hybridized carbons (Fsp3) is 0.625. The Morgan fingerprint density at radius 3 is 2.52 bits per heavy atom. The first-order chi connectivity index (χ1) is 9.95. The lowest BCUT2D eigenvalue weighted by molar-refractivity contribution is -0.0485. The number of hydrogen-bond acceptors (Lipinski definition) is 4. The van der Waals surface area contributed by atoms with Crippen molar-refractivity contribution in [2.45, 2.75) is 43.6 Å². The molecule has 21 heavy (non-hydrogen) atoms. The SMILES string of the molecule is Cc1ccc(S(=O)(=O)OC[C@H]2C[C@@H]3CC[C@@H]2[C@@H](O)C3)cc1. The predicted molar refractivity (Wildman–Crippen MR) is 79.3 cm³/mol. The Labute approximate surface area is 126 Å². The fourth-order valence-electron chi connectivity index (χ4n) is 3.76. The number of aryl methyl sites for hydroxylation is 1. The van der Waals surface area contributed by atoms with Crippen LogP contribution in [0.15, 0.2) is 29.2 Å². The van der Waals surface area contributed by atoms with Gasteiger partial charge in [0, 0.05) is 0 Å². The molecule has 0 radical (unpaired) electrons. The molecule has 3 fully saturated rings. The molecule has 0 aliphatic heterocycles. The fourth-order valence-corrected chi connectivity index (χ4v) is 4.72. The molecule has 116 valence electrons. The highest BCUT2D eigenvalue weighted by atomic mass is 32.2. The molecule has 4 nitrogen and oxygen atoms in total. The van der Waals surface area contributed by atoms with Gasteiger partial charge in [-0.15, -0.1) is 0 Å². The van der Waals surface area contributed by atoms with Crippen LogP contribution in [0.2, 0.25) is 0 Å². The van der Waals surface area contributed by atoms with Crippen molar-refractivity contribution in [1.82, 2.24) is 0 Å². The zero-order chi connectivity index (χ0) is 15.0. The van der Waals surface area contributed by atoms with Gasteiger partial charge in [-0.1, -0.05) is 17.7 Å². The molecule has 2 bridgehead atoms. The molecule has 0 aromatic heterocycles. The molecule has 0 saturated heterocycles. The maximum Gasteiger partial charge on any atom is 0.296 e. The predicted octanol–water partition coefficient (Wildman–Crippen LogP) is 2.50. The van der Waals surface area contributed by atoms with Gasteiger partial charge >= 0.3 is 0 Å². The number of rotatable bonds is 4. The molecule has 0 unspecified atom stereocenters. The van der Waals surface area contributed by atoms with Gasteiger partial charge in [0.25, 0.3) is 10.1 Å². The Hall–Kier alpha value is -0.910. The first-order valence-corrected chi connectivity index (χ1v) is 9.01. The molecule has 3 saturated carbocycles. The summed E-state index contributed by atoms with van der Waals surface area (Å²) in [7, 11) is -3.69. The van der Waals surface area contributed by atoms with Gasteiger partial charge in [0.2, 0.25) is 0 Å². The normalized spacial score (nSPS) is 32.3. The summed E-state index contributed by atoms with van der Waals surface area (Å²) >= 11 is 0. The molecule has 0 spiro atoms. The number of benzene rings is 1. The lowest BCUT2D eigenvalue weighted by Gasteiger charge is -2.45. The average molecular weight is 310 g/mol. The second-order valence-corrected chi connectivity index (χ2v) is 8.07. The lowest BCUT2D eigenvalue weighted by Crippen LogP contribution is -2.43. The van der Waals surface area contributed by atoms with Gasteiger partial charge in [0.1, 0.15) is 0 Å². The lowest BCUT2D eigenvalue weighted by atomic mass is 9.63. The maximum absolute atomic E-state index is 12.2. The van der Waals surface area contributed by atoms with E-state index in [4.69, 9.17) is 4.18 Å². The molecule has 1 aromatic carbocycles. The average Bonchev–Trinajstić information content (AvgIpc) is 2.46. The van der Waals surface area contributed by atoms with Crippen molar-refractivity contribution in [2.24, 2.45) is 17.8 Å². The van der Waals surface area contributed by atoms with Gasteiger partial charge in [-0.05, 0) is 62.5 Å².